The molecular weight excluding hydrogens is 221 g/mol. The third-order valence-corrected chi connectivity index (χ3v) is 2.34. The van der Waals surface area contributed by atoms with Gasteiger partial charge in [0.15, 0.2) is 0 Å². The lowest BCUT2D eigenvalue weighted by atomic mass is 10.2. The number of halogens is 1. The largest absolute Gasteiger partial charge is 0.377 e. The normalized spacial score (nSPS) is 9.94. The summed E-state index contributed by atoms with van der Waals surface area (Å²) in [4.78, 5) is 4.04. The van der Waals surface area contributed by atoms with E-state index in [1.54, 1.807) is 11.7 Å². The highest BCUT2D eigenvalue weighted by molar-refractivity contribution is 5.57. The van der Waals surface area contributed by atoms with Crippen LogP contribution in [-0.2, 0) is 13.6 Å². The summed E-state index contributed by atoms with van der Waals surface area (Å²) >= 11 is 0. The molecule has 0 spiro atoms. The molecule has 0 radical (unpaired) electrons. The molecular formula is C11H10FN5. The Kier molecular flexibility index (Phi) is 3.01. The Labute approximate surface area is 97.5 Å². The van der Waals surface area contributed by atoms with E-state index in [1.807, 2.05) is 6.07 Å². The van der Waals surface area contributed by atoms with E-state index < -0.39 is 5.82 Å². The molecule has 0 atom stereocenters. The van der Waals surface area contributed by atoms with Crippen molar-refractivity contribution in [2.24, 2.45) is 7.05 Å². The number of benzene rings is 1. The van der Waals surface area contributed by atoms with Crippen molar-refractivity contribution in [3.63, 3.8) is 0 Å². The summed E-state index contributed by atoms with van der Waals surface area (Å²) in [6.45, 7) is 0.427. The minimum absolute atomic E-state index is 0.271. The number of rotatable bonds is 3. The van der Waals surface area contributed by atoms with Crippen LogP contribution < -0.4 is 5.32 Å². The number of aryl methyl sites for hydroxylation is 1. The monoisotopic (exact) mass is 231 g/mol. The van der Waals surface area contributed by atoms with Gasteiger partial charge in [-0.2, -0.15) is 10.4 Å². The van der Waals surface area contributed by atoms with Gasteiger partial charge in [0.25, 0.3) is 0 Å². The van der Waals surface area contributed by atoms with Crippen LogP contribution in [0.5, 0.6) is 0 Å². The average Bonchev–Trinajstić information content (AvgIpc) is 2.73. The molecule has 6 heteroatoms. The van der Waals surface area contributed by atoms with Crippen molar-refractivity contribution in [3.8, 4) is 6.07 Å². The van der Waals surface area contributed by atoms with Gasteiger partial charge < -0.3 is 5.32 Å². The lowest BCUT2D eigenvalue weighted by Crippen LogP contribution is -2.07. The Morgan fingerprint density at radius 3 is 3.00 bits per heavy atom. The number of hydrogen-bond donors (Lipinski definition) is 1. The first kappa shape index (κ1) is 11.1. The number of aromatic nitrogens is 3. The van der Waals surface area contributed by atoms with Crippen LogP contribution in [-0.4, -0.2) is 14.8 Å². The summed E-state index contributed by atoms with van der Waals surface area (Å²) in [6, 6.07) is 5.97. The fraction of sp³-hybridized carbons (Fsp3) is 0.182. The molecule has 86 valence electrons. The molecule has 0 amide bonds. The van der Waals surface area contributed by atoms with Crippen LogP contribution in [0, 0.1) is 17.1 Å². The predicted octanol–water partition coefficient (Wildman–Crippen LogP) is 1.44. The van der Waals surface area contributed by atoms with E-state index in [0.29, 0.717) is 12.2 Å². The van der Waals surface area contributed by atoms with Crippen LogP contribution >= 0.6 is 0 Å². The van der Waals surface area contributed by atoms with Gasteiger partial charge in [-0.25, -0.2) is 9.37 Å². The van der Waals surface area contributed by atoms with Crippen LogP contribution in [0.15, 0.2) is 24.5 Å². The minimum atomic E-state index is -0.425. The van der Waals surface area contributed by atoms with E-state index in [2.05, 4.69) is 15.4 Å². The second-order valence-corrected chi connectivity index (χ2v) is 3.46. The molecule has 1 heterocycles. The Bertz CT molecular complexity index is 569. The molecule has 0 saturated heterocycles. The zero-order valence-electron chi connectivity index (χ0n) is 9.18. The maximum Gasteiger partial charge on any atom is 0.145 e. The summed E-state index contributed by atoms with van der Waals surface area (Å²) in [5, 5.41) is 15.8. The topological polar surface area (TPSA) is 66.5 Å². The molecule has 5 nitrogen and oxygen atoms in total. The van der Waals surface area contributed by atoms with Crippen molar-refractivity contribution >= 4 is 5.69 Å². The number of nitrogens with zero attached hydrogens (tertiary/aromatic N) is 4. The van der Waals surface area contributed by atoms with Gasteiger partial charge in [-0.1, -0.05) is 0 Å². The van der Waals surface area contributed by atoms with E-state index in [-0.39, 0.29) is 5.56 Å². The van der Waals surface area contributed by atoms with Crippen molar-refractivity contribution in [1.82, 2.24) is 14.8 Å². The maximum atomic E-state index is 12.9. The fourth-order valence-corrected chi connectivity index (χ4v) is 1.42. The fourth-order valence-electron chi connectivity index (χ4n) is 1.42. The van der Waals surface area contributed by atoms with Gasteiger partial charge in [0.1, 0.15) is 24.0 Å². The van der Waals surface area contributed by atoms with Gasteiger partial charge in [-0.3, -0.25) is 4.68 Å². The Morgan fingerprint density at radius 2 is 2.35 bits per heavy atom. The minimum Gasteiger partial charge on any atom is -0.377 e. The molecule has 2 aromatic rings. The number of hydrogen-bond acceptors (Lipinski definition) is 4. The van der Waals surface area contributed by atoms with Crippen molar-refractivity contribution < 1.29 is 4.39 Å². The maximum absolute atomic E-state index is 12.9. The first-order chi connectivity index (χ1) is 8.20. The lowest BCUT2D eigenvalue weighted by Gasteiger charge is -2.07. The van der Waals surface area contributed by atoms with E-state index >= 15 is 0 Å². The zero-order chi connectivity index (χ0) is 12.3. The number of nitrogens with one attached hydrogen (secondary N) is 1. The molecule has 0 aliphatic rings. The summed E-state index contributed by atoms with van der Waals surface area (Å²) in [5.74, 6) is 0.309. The molecule has 0 bridgehead atoms. The van der Waals surface area contributed by atoms with Gasteiger partial charge in [-0.05, 0) is 18.2 Å². The standard InChI is InChI=1S/C11H10FN5/c1-17-11(15-7-16-17)6-14-10-3-2-9(12)4-8(10)5-13/h2-4,7,14H,6H2,1H3. The van der Waals surface area contributed by atoms with E-state index in [4.69, 9.17) is 5.26 Å². The van der Waals surface area contributed by atoms with E-state index in [9.17, 15) is 4.39 Å². The molecule has 1 N–H and O–H groups in total. The highest BCUT2D eigenvalue weighted by Gasteiger charge is 2.05. The van der Waals surface area contributed by atoms with Gasteiger partial charge in [-0.15, -0.1) is 0 Å². The van der Waals surface area contributed by atoms with Crippen LogP contribution in [0.2, 0.25) is 0 Å². The average molecular weight is 231 g/mol. The Hall–Kier alpha value is -2.42. The molecule has 1 aromatic heterocycles. The van der Waals surface area contributed by atoms with Crippen LogP contribution in [0.4, 0.5) is 10.1 Å². The van der Waals surface area contributed by atoms with Crippen molar-refractivity contribution in [1.29, 1.82) is 5.26 Å². The second-order valence-electron chi connectivity index (χ2n) is 3.46. The molecule has 1 aromatic carbocycles. The quantitative estimate of drug-likeness (QED) is 0.867. The Morgan fingerprint density at radius 1 is 1.53 bits per heavy atom. The highest BCUT2D eigenvalue weighted by atomic mass is 19.1. The number of nitriles is 1. The van der Waals surface area contributed by atoms with Crippen molar-refractivity contribution in [3.05, 3.63) is 41.7 Å². The van der Waals surface area contributed by atoms with Crippen LogP contribution in [0.3, 0.4) is 0 Å². The molecule has 0 unspecified atom stereocenters. The molecule has 0 saturated carbocycles. The highest BCUT2D eigenvalue weighted by Crippen LogP contribution is 2.16. The summed E-state index contributed by atoms with van der Waals surface area (Å²) in [6.07, 6.45) is 1.45. The Balaban J connectivity index is 2.15. The molecule has 17 heavy (non-hydrogen) atoms. The SMILES string of the molecule is Cn1ncnc1CNc1ccc(F)cc1C#N. The third-order valence-electron chi connectivity index (χ3n) is 2.34. The van der Waals surface area contributed by atoms with E-state index in [0.717, 1.165) is 5.82 Å². The molecule has 0 fully saturated rings. The third kappa shape index (κ3) is 2.39. The predicted molar refractivity (Wildman–Crippen MR) is 59.4 cm³/mol. The molecule has 2 rings (SSSR count). The second kappa shape index (κ2) is 4.61. The van der Waals surface area contributed by atoms with Gasteiger partial charge in [0, 0.05) is 7.05 Å². The first-order valence-corrected chi connectivity index (χ1v) is 4.97. The van der Waals surface area contributed by atoms with Gasteiger partial charge >= 0.3 is 0 Å². The molecule has 0 aliphatic carbocycles. The summed E-state index contributed by atoms with van der Waals surface area (Å²) in [7, 11) is 1.78. The summed E-state index contributed by atoms with van der Waals surface area (Å²) in [5.41, 5.74) is 0.851. The smallest absolute Gasteiger partial charge is 0.145 e. The molecule has 0 aliphatic heterocycles. The van der Waals surface area contributed by atoms with E-state index in [1.165, 1.54) is 24.5 Å². The lowest BCUT2D eigenvalue weighted by molar-refractivity contribution is 0.627. The van der Waals surface area contributed by atoms with Crippen molar-refractivity contribution in [2.75, 3.05) is 5.32 Å². The summed E-state index contributed by atoms with van der Waals surface area (Å²) < 4.78 is 14.5. The van der Waals surface area contributed by atoms with Crippen LogP contribution in [0.25, 0.3) is 0 Å². The van der Waals surface area contributed by atoms with Gasteiger partial charge in [0.05, 0.1) is 17.8 Å². The van der Waals surface area contributed by atoms with Crippen LogP contribution in [0.1, 0.15) is 11.4 Å². The zero-order valence-corrected chi connectivity index (χ0v) is 9.18. The van der Waals surface area contributed by atoms with Crippen molar-refractivity contribution in [2.45, 2.75) is 6.54 Å². The van der Waals surface area contributed by atoms with Gasteiger partial charge in [0.2, 0.25) is 0 Å². The number of anilines is 1. The first-order valence-electron chi connectivity index (χ1n) is 4.97.